The first-order chi connectivity index (χ1) is 4.43. The largest absolute Gasteiger partial charge is 0.149 e. The van der Waals surface area contributed by atoms with Crippen molar-refractivity contribution >= 4 is 0 Å². The van der Waals surface area contributed by atoms with Crippen LogP contribution < -0.4 is 0 Å². The second-order valence-electron chi connectivity index (χ2n) is 4.32. The van der Waals surface area contributed by atoms with Gasteiger partial charge in [0.2, 0.25) is 0 Å². The lowest BCUT2D eigenvalue weighted by atomic mass is 9.80. The zero-order valence-electron chi connectivity index (χ0n) is 7.22. The third-order valence-electron chi connectivity index (χ3n) is 2.55. The highest BCUT2D eigenvalue weighted by Gasteiger charge is 2.43. The van der Waals surface area contributed by atoms with Crippen LogP contribution in [0.4, 0.5) is 0 Å². The van der Waals surface area contributed by atoms with Crippen molar-refractivity contribution in [1.82, 2.24) is 5.06 Å². The molecule has 3 atom stereocenters. The minimum absolute atomic E-state index is 0.282. The molecule has 0 aromatic heterocycles. The molecular formula is C8H16NO. The first-order valence-electron chi connectivity index (χ1n) is 3.86. The van der Waals surface area contributed by atoms with Gasteiger partial charge in [0.15, 0.2) is 0 Å². The lowest BCUT2D eigenvalue weighted by molar-refractivity contribution is -0.0728. The van der Waals surface area contributed by atoms with Crippen LogP contribution in [0.25, 0.3) is 0 Å². The van der Waals surface area contributed by atoms with E-state index in [0.717, 1.165) is 11.6 Å². The Labute approximate surface area is 62.8 Å². The van der Waals surface area contributed by atoms with E-state index in [1.165, 1.54) is 0 Å². The van der Waals surface area contributed by atoms with Crippen molar-refractivity contribution in [2.24, 2.45) is 11.3 Å². The van der Waals surface area contributed by atoms with E-state index < -0.39 is 0 Å². The molecule has 0 aromatic carbocycles. The van der Waals surface area contributed by atoms with E-state index in [2.05, 4.69) is 27.7 Å². The summed E-state index contributed by atoms with van der Waals surface area (Å²) in [5.74, 6) is 0.519. The normalized spacial score (nSPS) is 35.7. The zero-order valence-corrected chi connectivity index (χ0v) is 7.22. The molecule has 0 aromatic rings. The molecule has 1 aliphatic heterocycles. The molecule has 0 spiro atoms. The molecular weight excluding hydrogens is 126 g/mol. The Bertz CT molecular complexity index is 128. The fourth-order valence-electron chi connectivity index (χ4n) is 1.12. The molecule has 1 heterocycles. The van der Waals surface area contributed by atoms with Crippen LogP contribution in [0.3, 0.4) is 0 Å². The smallest absolute Gasteiger partial charge is 0.0566 e. The fourth-order valence-corrected chi connectivity index (χ4v) is 1.12. The number of nitrogens with zero attached hydrogens (tertiary/aromatic N) is 1. The Morgan fingerprint density at radius 2 is 1.90 bits per heavy atom. The number of hydroxylamine groups is 2. The lowest BCUT2D eigenvalue weighted by Crippen LogP contribution is -2.23. The zero-order chi connectivity index (χ0) is 7.94. The van der Waals surface area contributed by atoms with Gasteiger partial charge in [-0.05, 0) is 11.3 Å². The van der Waals surface area contributed by atoms with Crippen molar-refractivity contribution in [2.45, 2.75) is 33.7 Å². The molecule has 59 valence electrons. The van der Waals surface area contributed by atoms with E-state index in [-0.39, 0.29) is 5.41 Å². The molecule has 1 aliphatic rings. The van der Waals surface area contributed by atoms with Gasteiger partial charge in [0.25, 0.3) is 0 Å². The number of rotatable bonds is 1. The van der Waals surface area contributed by atoms with Crippen LogP contribution in [0.5, 0.6) is 0 Å². The van der Waals surface area contributed by atoms with Crippen molar-refractivity contribution in [3.05, 3.63) is 0 Å². The maximum atomic E-state index is 10.7. The summed E-state index contributed by atoms with van der Waals surface area (Å²) in [5.41, 5.74) is 0.282. The van der Waals surface area contributed by atoms with Crippen molar-refractivity contribution in [3.63, 3.8) is 0 Å². The maximum absolute atomic E-state index is 10.7. The molecule has 0 N–H and O–H groups in total. The highest BCUT2D eigenvalue weighted by molar-refractivity contribution is 4.91. The summed E-state index contributed by atoms with van der Waals surface area (Å²) in [5, 5.41) is 11.9. The van der Waals surface area contributed by atoms with Crippen LogP contribution >= 0.6 is 0 Å². The summed E-state index contributed by atoms with van der Waals surface area (Å²) in [7, 11) is 0. The Kier molecular flexibility index (Phi) is 1.77. The minimum atomic E-state index is 0.282. The quantitative estimate of drug-likeness (QED) is 0.511. The van der Waals surface area contributed by atoms with E-state index in [1.54, 1.807) is 0 Å². The molecule has 0 amide bonds. The first kappa shape index (κ1) is 8.02. The first-order valence-corrected chi connectivity index (χ1v) is 3.86. The van der Waals surface area contributed by atoms with Crippen molar-refractivity contribution < 1.29 is 5.21 Å². The predicted octanol–water partition coefficient (Wildman–Crippen LogP) is 1.70. The highest BCUT2D eigenvalue weighted by atomic mass is 16.5. The molecule has 2 heteroatoms. The number of hydrogen-bond donors (Lipinski definition) is 0. The fraction of sp³-hybridized carbons (Fsp3) is 1.00. The van der Waals surface area contributed by atoms with E-state index >= 15 is 0 Å². The summed E-state index contributed by atoms with van der Waals surface area (Å²) >= 11 is 0. The lowest BCUT2D eigenvalue weighted by Gasteiger charge is -2.26. The molecule has 1 radical (unpaired) electrons. The van der Waals surface area contributed by atoms with Gasteiger partial charge in [-0.3, -0.25) is 0 Å². The third kappa shape index (κ3) is 1.50. The van der Waals surface area contributed by atoms with Gasteiger partial charge < -0.3 is 0 Å². The minimum Gasteiger partial charge on any atom is -0.149 e. The molecule has 3 unspecified atom stereocenters. The van der Waals surface area contributed by atoms with Crippen LogP contribution in [0.15, 0.2) is 0 Å². The van der Waals surface area contributed by atoms with Crippen LogP contribution in [0.1, 0.15) is 27.7 Å². The Hall–Kier alpha value is -0.0800. The van der Waals surface area contributed by atoms with E-state index in [4.69, 9.17) is 0 Å². The van der Waals surface area contributed by atoms with E-state index in [1.807, 2.05) is 0 Å². The molecule has 2 nitrogen and oxygen atoms in total. The monoisotopic (exact) mass is 142 g/mol. The Morgan fingerprint density at radius 3 is 2.00 bits per heavy atom. The van der Waals surface area contributed by atoms with Crippen LogP contribution in [0, 0.1) is 11.3 Å². The predicted molar refractivity (Wildman–Crippen MR) is 39.8 cm³/mol. The van der Waals surface area contributed by atoms with Crippen LogP contribution in [-0.4, -0.2) is 17.6 Å². The van der Waals surface area contributed by atoms with Gasteiger partial charge in [0.1, 0.15) is 0 Å². The summed E-state index contributed by atoms with van der Waals surface area (Å²) in [6, 6.07) is 0.306. The Balaban J connectivity index is 2.42. The summed E-state index contributed by atoms with van der Waals surface area (Å²) < 4.78 is 0. The summed E-state index contributed by atoms with van der Waals surface area (Å²) in [6.45, 7) is 9.46. The second kappa shape index (κ2) is 2.21. The highest BCUT2D eigenvalue weighted by Crippen LogP contribution is 2.36. The second-order valence-corrected chi connectivity index (χ2v) is 4.32. The molecule has 0 aliphatic carbocycles. The van der Waals surface area contributed by atoms with Gasteiger partial charge in [-0.25, -0.2) is 0 Å². The molecule has 1 rings (SSSR count). The topological polar surface area (TPSA) is 22.9 Å². The average molecular weight is 142 g/mol. The van der Waals surface area contributed by atoms with Crippen LogP contribution in [0.2, 0.25) is 0 Å². The van der Waals surface area contributed by atoms with Gasteiger partial charge in [-0.2, -0.15) is 0 Å². The molecule has 0 bridgehead atoms. The van der Waals surface area contributed by atoms with Gasteiger partial charge in [0.05, 0.1) is 6.04 Å². The number of hydrogen-bond acceptors (Lipinski definition) is 1. The van der Waals surface area contributed by atoms with E-state index in [9.17, 15) is 5.21 Å². The molecule has 1 fully saturated rings. The third-order valence-corrected chi connectivity index (χ3v) is 2.55. The van der Waals surface area contributed by atoms with Crippen molar-refractivity contribution in [1.29, 1.82) is 0 Å². The standard InChI is InChI=1S/C8H16NO/c1-6(8(2,3)4)7-5-9(7)10/h6-7H,5H2,1-4H3. The van der Waals surface area contributed by atoms with Gasteiger partial charge in [-0.1, -0.05) is 27.7 Å². The summed E-state index contributed by atoms with van der Waals surface area (Å²) in [6.07, 6.45) is 0. The SMILES string of the molecule is CC(C1CN1[O])C(C)(C)C. The molecule has 1 saturated heterocycles. The van der Waals surface area contributed by atoms with Gasteiger partial charge >= 0.3 is 0 Å². The molecule has 0 saturated carbocycles. The summed E-state index contributed by atoms with van der Waals surface area (Å²) in [4.78, 5) is 0. The average Bonchev–Trinajstić information content (AvgIpc) is 2.42. The molecule has 10 heavy (non-hydrogen) atoms. The van der Waals surface area contributed by atoms with Crippen LogP contribution in [-0.2, 0) is 5.21 Å². The Morgan fingerprint density at radius 1 is 1.50 bits per heavy atom. The van der Waals surface area contributed by atoms with Crippen molar-refractivity contribution in [2.75, 3.05) is 6.54 Å². The van der Waals surface area contributed by atoms with E-state index in [0.29, 0.717) is 12.0 Å². The van der Waals surface area contributed by atoms with Crippen molar-refractivity contribution in [3.8, 4) is 0 Å². The maximum Gasteiger partial charge on any atom is 0.0566 e. The van der Waals surface area contributed by atoms with Gasteiger partial charge in [0, 0.05) is 6.54 Å². The van der Waals surface area contributed by atoms with Gasteiger partial charge in [-0.15, -0.1) is 10.3 Å².